The molecule has 33 heavy (non-hydrogen) atoms. The van der Waals surface area contributed by atoms with Gasteiger partial charge in [-0.3, -0.25) is 19.7 Å². The second-order valence-electron chi connectivity index (χ2n) is 7.95. The molecule has 0 aliphatic heterocycles. The Balaban J connectivity index is 2.11. The standard InChI is InChI=1S/C23H27Cl2N3O4S/c1-15(2)11-26-23(30)16(3)27(12-19-20(24)5-4-6-21(19)25)22(29)14-33-13-17-7-9-18(10-8-17)28(31)32/h4-10,15-16H,11-14H2,1-3H3,(H,26,30)/t16-/m0/s1. The first-order valence-electron chi connectivity index (χ1n) is 10.4. The third-order valence-electron chi connectivity index (χ3n) is 4.88. The summed E-state index contributed by atoms with van der Waals surface area (Å²) in [5.74, 6) is 0.422. The highest BCUT2D eigenvalue weighted by atomic mass is 35.5. The highest BCUT2D eigenvalue weighted by Gasteiger charge is 2.27. The zero-order chi connectivity index (χ0) is 24.5. The van der Waals surface area contributed by atoms with Gasteiger partial charge in [-0.1, -0.05) is 55.2 Å². The minimum atomic E-state index is -0.719. The molecule has 2 aromatic carbocycles. The summed E-state index contributed by atoms with van der Waals surface area (Å²) in [5, 5.41) is 14.5. The van der Waals surface area contributed by atoms with E-state index in [1.807, 2.05) is 13.8 Å². The summed E-state index contributed by atoms with van der Waals surface area (Å²) in [6, 6.07) is 10.6. The molecule has 0 unspecified atom stereocenters. The molecule has 0 saturated carbocycles. The number of non-ortho nitro benzene ring substituents is 1. The second kappa shape index (κ2) is 12.8. The summed E-state index contributed by atoms with van der Waals surface area (Å²) in [7, 11) is 0. The molecule has 0 saturated heterocycles. The normalized spacial score (nSPS) is 11.8. The second-order valence-corrected chi connectivity index (χ2v) is 9.75. The largest absolute Gasteiger partial charge is 0.354 e. The van der Waals surface area contributed by atoms with Crippen molar-refractivity contribution in [2.45, 2.75) is 39.1 Å². The molecule has 0 spiro atoms. The van der Waals surface area contributed by atoms with Crippen LogP contribution in [-0.4, -0.2) is 40.0 Å². The molecule has 1 atom stereocenters. The van der Waals surface area contributed by atoms with E-state index in [4.69, 9.17) is 23.2 Å². The van der Waals surface area contributed by atoms with E-state index >= 15 is 0 Å². The number of carbonyl (C=O) groups excluding carboxylic acids is 2. The molecule has 0 heterocycles. The number of thioether (sulfide) groups is 1. The number of rotatable bonds is 11. The Morgan fingerprint density at radius 3 is 2.24 bits per heavy atom. The molecule has 0 aliphatic carbocycles. The maximum Gasteiger partial charge on any atom is 0.269 e. The maximum absolute atomic E-state index is 13.1. The number of hydrogen-bond donors (Lipinski definition) is 1. The van der Waals surface area contributed by atoms with Gasteiger partial charge in [0.05, 0.1) is 10.7 Å². The van der Waals surface area contributed by atoms with Gasteiger partial charge in [-0.2, -0.15) is 0 Å². The average Bonchev–Trinajstić information content (AvgIpc) is 2.77. The van der Waals surface area contributed by atoms with Crippen LogP contribution in [-0.2, 0) is 21.9 Å². The fourth-order valence-electron chi connectivity index (χ4n) is 2.94. The minimum Gasteiger partial charge on any atom is -0.354 e. The Morgan fingerprint density at radius 1 is 1.09 bits per heavy atom. The van der Waals surface area contributed by atoms with Gasteiger partial charge in [0.1, 0.15) is 6.04 Å². The number of benzene rings is 2. The van der Waals surface area contributed by atoms with Crippen molar-refractivity contribution in [1.29, 1.82) is 0 Å². The van der Waals surface area contributed by atoms with Crippen LogP contribution in [0.3, 0.4) is 0 Å². The van der Waals surface area contributed by atoms with Crippen LogP contribution in [0.5, 0.6) is 0 Å². The molecule has 0 aliphatic rings. The zero-order valence-corrected chi connectivity index (χ0v) is 21.0. The van der Waals surface area contributed by atoms with E-state index in [-0.39, 0.29) is 35.7 Å². The molecule has 178 valence electrons. The van der Waals surface area contributed by atoms with Gasteiger partial charge >= 0.3 is 0 Å². The van der Waals surface area contributed by atoms with Crippen molar-refractivity contribution in [2.75, 3.05) is 12.3 Å². The molecule has 7 nitrogen and oxygen atoms in total. The third kappa shape index (κ3) is 8.21. The summed E-state index contributed by atoms with van der Waals surface area (Å²) < 4.78 is 0. The number of carbonyl (C=O) groups is 2. The van der Waals surface area contributed by atoms with E-state index in [0.717, 1.165) is 5.56 Å². The maximum atomic E-state index is 13.1. The molecular formula is C23H27Cl2N3O4S. The highest BCUT2D eigenvalue weighted by molar-refractivity contribution is 7.99. The van der Waals surface area contributed by atoms with Gasteiger partial charge in [0.15, 0.2) is 0 Å². The summed E-state index contributed by atoms with van der Waals surface area (Å²) in [6.45, 7) is 6.27. The van der Waals surface area contributed by atoms with Crippen LogP contribution in [0.25, 0.3) is 0 Å². The number of halogens is 2. The number of nitro groups is 1. The number of nitro benzene ring substituents is 1. The van der Waals surface area contributed by atoms with Crippen LogP contribution >= 0.6 is 35.0 Å². The van der Waals surface area contributed by atoms with E-state index in [1.54, 1.807) is 37.3 Å². The van der Waals surface area contributed by atoms with Gasteiger partial charge in [0, 0.05) is 46.6 Å². The predicted octanol–water partition coefficient (Wildman–Crippen LogP) is 5.32. The van der Waals surface area contributed by atoms with Crippen molar-refractivity contribution >= 4 is 52.5 Å². The van der Waals surface area contributed by atoms with Crippen LogP contribution in [0.4, 0.5) is 5.69 Å². The number of amides is 2. The van der Waals surface area contributed by atoms with Crippen molar-refractivity contribution in [2.24, 2.45) is 5.92 Å². The van der Waals surface area contributed by atoms with E-state index in [2.05, 4.69) is 5.32 Å². The first kappa shape index (κ1) is 27.0. The van der Waals surface area contributed by atoms with Gasteiger partial charge in [-0.05, 0) is 30.5 Å². The monoisotopic (exact) mass is 511 g/mol. The molecule has 10 heteroatoms. The molecule has 2 aromatic rings. The third-order valence-corrected chi connectivity index (χ3v) is 6.58. The van der Waals surface area contributed by atoms with E-state index < -0.39 is 11.0 Å². The van der Waals surface area contributed by atoms with Gasteiger partial charge in [-0.25, -0.2) is 0 Å². The zero-order valence-electron chi connectivity index (χ0n) is 18.7. The average molecular weight is 512 g/mol. The fraction of sp³-hybridized carbons (Fsp3) is 0.391. The molecule has 0 aromatic heterocycles. The van der Waals surface area contributed by atoms with Crippen LogP contribution in [0.2, 0.25) is 10.0 Å². The summed E-state index contributed by atoms with van der Waals surface area (Å²) >= 11 is 14.0. The quantitative estimate of drug-likeness (QED) is 0.325. The molecule has 2 amide bonds. The first-order valence-corrected chi connectivity index (χ1v) is 12.3. The van der Waals surface area contributed by atoms with E-state index in [9.17, 15) is 19.7 Å². The number of hydrogen-bond acceptors (Lipinski definition) is 5. The SMILES string of the molecule is CC(C)CNC(=O)[C@H](C)N(Cc1c(Cl)cccc1Cl)C(=O)CSCc1ccc([N+](=O)[O-])cc1. The summed E-state index contributed by atoms with van der Waals surface area (Å²) in [5.41, 5.74) is 1.46. The van der Waals surface area contributed by atoms with Crippen molar-refractivity contribution in [1.82, 2.24) is 10.2 Å². The molecule has 0 fully saturated rings. The van der Waals surface area contributed by atoms with Gasteiger partial charge < -0.3 is 10.2 Å². The van der Waals surface area contributed by atoms with Gasteiger partial charge in [-0.15, -0.1) is 11.8 Å². The highest BCUT2D eigenvalue weighted by Crippen LogP contribution is 2.27. The molecule has 2 rings (SSSR count). The van der Waals surface area contributed by atoms with Crippen molar-refractivity contribution in [3.63, 3.8) is 0 Å². The Bertz CT molecular complexity index is 966. The van der Waals surface area contributed by atoms with Gasteiger partial charge in [0.25, 0.3) is 5.69 Å². The number of nitrogens with zero attached hydrogens (tertiary/aromatic N) is 2. The number of nitrogens with one attached hydrogen (secondary N) is 1. The Hall–Kier alpha value is -2.29. The lowest BCUT2D eigenvalue weighted by molar-refractivity contribution is -0.384. The lowest BCUT2D eigenvalue weighted by Crippen LogP contribution is -2.48. The lowest BCUT2D eigenvalue weighted by Gasteiger charge is -2.29. The fourth-order valence-corrected chi connectivity index (χ4v) is 4.33. The lowest BCUT2D eigenvalue weighted by atomic mass is 10.1. The van der Waals surface area contributed by atoms with Gasteiger partial charge in [0.2, 0.25) is 11.8 Å². The smallest absolute Gasteiger partial charge is 0.269 e. The first-order chi connectivity index (χ1) is 15.6. The van der Waals surface area contributed by atoms with E-state index in [1.165, 1.54) is 28.8 Å². The van der Waals surface area contributed by atoms with Crippen LogP contribution in [0.1, 0.15) is 31.9 Å². The van der Waals surface area contributed by atoms with Crippen LogP contribution < -0.4 is 5.32 Å². The topological polar surface area (TPSA) is 92.6 Å². The van der Waals surface area contributed by atoms with Crippen molar-refractivity contribution in [3.05, 3.63) is 73.8 Å². The predicted molar refractivity (Wildman–Crippen MR) is 134 cm³/mol. The summed E-state index contributed by atoms with van der Waals surface area (Å²) in [4.78, 5) is 37.7. The summed E-state index contributed by atoms with van der Waals surface area (Å²) in [6.07, 6.45) is 0. The molecular weight excluding hydrogens is 485 g/mol. The van der Waals surface area contributed by atoms with Crippen LogP contribution in [0, 0.1) is 16.0 Å². The molecule has 0 bridgehead atoms. The van der Waals surface area contributed by atoms with Crippen molar-refractivity contribution in [3.8, 4) is 0 Å². The Kier molecular flexibility index (Phi) is 10.5. The minimum absolute atomic E-state index is 0.0175. The Morgan fingerprint density at radius 2 is 1.70 bits per heavy atom. The van der Waals surface area contributed by atoms with Crippen molar-refractivity contribution < 1.29 is 14.5 Å². The molecule has 0 radical (unpaired) electrons. The van der Waals surface area contributed by atoms with E-state index in [0.29, 0.717) is 27.9 Å². The Labute approximate surface area is 208 Å². The van der Waals surface area contributed by atoms with Crippen LogP contribution in [0.15, 0.2) is 42.5 Å². The molecule has 1 N–H and O–H groups in total.